The molecule has 0 aromatic carbocycles. The molecule has 0 aromatic heterocycles. The van der Waals surface area contributed by atoms with Crippen LogP contribution in [0.15, 0.2) is 0 Å². The fourth-order valence-electron chi connectivity index (χ4n) is 1.32. The molecule has 1 unspecified atom stereocenters. The van der Waals surface area contributed by atoms with E-state index in [1.165, 1.54) is 7.11 Å². The van der Waals surface area contributed by atoms with E-state index in [1.54, 1.807) is 0 Å². The zero-order valence-corrected chi connectivity index (χ0v) is 7.87. The highest BCUT2D eigenvalue weighted by Crippen LogP contribution is 2.06. The Morgan fingerprint density at radius 3 is 3.00 bits per heavy atom. The molecule has 1 N–H and O–H groups in total. The highest BCUT2D eigenvalue weighted by atomic mass is 16.5. The third-order valence-electron chi connectivity index (χ3n) is 2.19. The number of piperazine rings is 1. The number of nitrogens with one attached hydrogen (secondary N) is 1. The Hall–Kier alpha value is -1.10. The van der Waals surface area contributed by atoms with Gasteiger partial charge in [-0.25, -0.2) is 0 Å². The summed E-state index contributed by atoms with van der Waals surface area (Å²) in [6.07, 6.45) is 0.124. The van der Waals surface area contributed by atoms with Gasteiger partial charge in [0.25, 0.3) is 0 Å². The Kier molecular flexibility index (Phi) is 3.25. The van der Waals surface area contributed by atoms with Crippen LogP contribution in [0.1, 0.15) is 6.42 Å². The second-order valence-electron chi connectivity index (χ2n) is 3.07. The average Bonchev–Trinajstić information content (AvgIpc) is 2.11. The van der Waals surface area contributed by atoms with Gasteiger partial charge in [0, 0.05) is 13.1 Å². The van der Waals surface area contributed by atoms with Gasteiger partial charge in [-0.1, -0.05) is 0 Å². The number of methoxy groups -OCH3 is 1. The monoisotopic (exact) mass is 186 g/mol. The molecular formula is C8H14N2O3. The molecule has 0 spiro atoms. The van der Waals surface area contributed by atoms with Crippen molar-refractivity contribution in [2.75, 3.05) is 27.2 Å². The minimum Gasteiger partial charge on any atom is -0.469 e. The first-order valence-electron chi connectivity index (χ1n) is 4.20. The van der Waals surface area contributed by atoms with Crippen LogP contribution >= 0.6 is 0 Å². The molecule has 0 aromatic rings. The fraction of sp³-hybridized carbons (Fsp3) is 0.750. The lowest BCUT2D eigenvalue weighted by Crippen LogP contribution is -2.54. The summed E-state index contributed by atoms with van der Waals surface area (Å²) >= 11 is 0. The van der Waals surface area contributed by atoms with Gasteiger partial charge < -0.3 is 10.1 Å². The smallest absolute Gasteiger partial charge is 0.307 e. The number of esters is 1. The molecule has 1 aliphatic heterocycles. The number of rotatable bonds is 2. The number of carbonyl (C=O) groups excluding carboxylic acids is 2. The summed E-state index contributed by atoms with van der Waals surface area (Å²) in [5, 5.41) is 2.70. The number of ether oxygens (including phenoxy) is 1. The van der Waals surface area contributed by atoms with Gasteiger partial charge in [0.2, 0.25) is 5.91 Å². The molecular weight excluding hydrogens is 172 g/mol. The van der Waals surface area contributed by atoms with Crippen LogP contribution in [0.25, 0.3) is 0 Å². The number of likely N-dealkylation sites (N-methyl/N-ethyl adjacent to an activating group) is 1. The van der Waals surface area contributed by atoms with Crippen LogP contribution in [0.4, 0.5) is 0 Å². The normalized spacial score (nSPS) is 23.8. The van der Waals surface area contributed by atoms with E-state index in [-0.39, 0.29) is 24.3 Å². The molecule has 0 saturated carbocycles. The maximum absolute atomic E-state index is 11.3. The van der Waals surface area contributed by atoms with Crippen LogP contribution in [0.5, 0.6) is 0 Å². The summed E-state index contributed by atoms with van der Waals surface area (Å²) in [6, 6.07) is -0.374. The van der Waals surface area contributed by atoms with Crippen LogP contribution in [-0.2, 0) is 14.3 Å². The zero-order valence-electron chi connectivity index (χ0n) is 7.87. The molecule has 13 heavy (non-hydrogen) atoms. The van der Waals surface area contributed by atoms with Gasteiger partial charge in [-0.15, -0.1) is 0 Å². The van der Waals surface area contributed by atoms with E-state index in [9.17, 15) is 9.59 Å². The average molecular weight is 186 g/mol. The van der Waals surface area contributed by atoms with Gasteiger partial charge in [-0.2, -0.15) is 0 Å². The summed E-state index contributed by atoms with van der Waals surface area (Å²) in [7, 11) is 3.15. The lowest BCUT2D eigenvalue weighted by atomic mass is 10.1. The molecule has 1 rings (SSSR count). The Balaban J connectivity index is 2.53. The van der Waals surface area contributed by atoms with Crippen molar-refractivity contribution in [1.82, 2.24) is 10.2 Å². The Morgan fingerprint density at radius 1 is 1.77 bits per heavy atom. The molecule has 0 bridgehead atoms. The second kappa shape index (κ2) is 4.23. The predicted molar refractivity (Wildman–Crippen MR) is 46.1 cm³/mol. The molecule has 1 aliphatic rings. The van der Waals surface area contributed by atoms with E-state index in [1.807, 2.05) is 11.9 Å². The maximum atomic E-state index is 11.3. The third kappa shape index (κ3) is 2.42. The summed E-state index contributed by atoms with van der Waals surface area (Å²) in [4.78, 5) is 24.1. The third-order valence-corrected chi connectivity index (χ3v) is 2.19. The molecule has 1 amide bonds. The van der Waals surface area contributed by atoms with Crippen LogP contribution in [0.2, 0.25) is 0 Å². The fourth-order valence-corrected chi connectivity index (χ4v) is 1.32. The molecule has 1 heterocycles. The summed E-state index contributed by atoms with van der Waals surface area (Å²) < 4.78 is 4.50. The summed E-state index contributed by atoms with van der Waals surface area (Å²) in [5.41, 5.74) is 0. The SMILES string of the molecule is COC(=O)CC1C(=O)NCCN1C. The van der Waals surface area contributed by atoms with Crippen LogP contribution < -0.4 is 5.32 Å². The van der Waals surface area contributed by atoms with Crippen LogP contribution in [-0.4, -0.2) is 50.1 Å². The first kappa shape index (κ1) is 9.98. The molecule has 1 atom stereocenters. The van der Waals surface area contributed by atoms with Crippen molar-refractivity contribution in [2.45, 2.75) is 12.5 Å². The van der Waals surface area contributed by atoms with E-state index in [0.717, 1.165) is 6.54 Å². The number of hydrogen-bond acceptors (Lipinski definition) is 4. The largest absolute Gasteiger partial charge is 0.469 e. The van der Waals surface area contributed by atoms with Gasteiger partial charge in [0.05, 0.1) is 19.6 Å². The van der Waals surface area contributed by atoms with Gasteiger partial charge in [0.15, 0.2) is 0 Å². The van der Waals surface area contributed by atoms with Crippen molar-refractivity contribution in [3.63, 3.8) is 0 Å². The van der Waals surface area contributed by atoms with E-state index in [2.05, 4.69) is 10.1 Å². The number of nitrogens with zero attached hydrogens (tertiary/aromatic N) is 1. The van der Waals surface area contributed by atoms with Gasteiger partial charge in [-0.05, 0) is 7.05 Å². The summed E-state index contributed by atoms with van der Waals surface area (Å²) in [6.45, 7) is 1.42. The predicted octanol–water partition coefficient (Wildman–Crippen LogP) is -1.02. The number of amides is 1. The molecule has 1 saturated heterocycles. The first-order chi connectivity index (χ1) is 6.15. The van der Waals surface area contributed by atoms with E-state index >= 15 is 0 Å². The topological polar surface area (TPSA) is 58.6 Å². The van der Waals surface area contributed by atoms with Crippen LogP contribution in [0.3, 0.4) is 0 Å². The number of carbonyl (C=O) groups is 2. The highest BCUT2D eigenvalue weighted by molar-refractivity contribution is 5.87. The Labute approximate surface area is 77.0 Å². The van der Waals surface area contributed by atoms with Crippen molar-refractivity contribution in [3.05, 3.63) is 0 Å². The zero-order chi connectivity index (χ0) is 9.84. The van der Waals surface area contributed by atoms with Gasteiger partial charge >= 0.3 is 5.97 Å². The molecule has 1 fully saturated rings. The molecule has 74 valence electrons. The second-order valence-corrected chi connectivity index (χ2v) is 3.07. The van der Waals surface area contributed by atoms with Crippen molar-refractivity contribution in [1.29, 1.82) is 0 Å². The van der Waals surface area contributed by atoms with Gasteiger partial charge in [-0.3, -0.25) is 14.5 Å². The van der Waals surface area contributed by atoms with Crippen LogP contribution in [0, 0.1) is 0 Å². The minimum absolute atomic E-state index is 0.0980. The first-order valence-corrected chi connectivity index (χ1v) is 4.20. The minimum atomic E-state index is -0.374. The lowest BCUT2D eigenvalue weighted by molar-refractivity contribution is -0.145. The lowest BCUT2D eigenvalue weighted by Gasteiger charge is -2.30. The summed E-state index contributed by atoms with van der Waals surface area (Å²) in [5.74, 6) is -0.451. The van der Waals surface area contributed by atoms with Crippen molar-refractivity contribution in [3.8, 4) is 0 Å². The van der Waals surface area contributed by atoms with Crippen molar-refractivity contribution in [2.24, 2.45) is 0 Å². The van der Waals surface area contributed by atoms with Crippen molar-refractivity contribution >= 4 is 11.9 Å². The molecule has 5 nitrogen and oxygen atoms in total. The Bertz CT molecular complexity index is 217. The highest BCUT2D eigenvalue weighted by Gasteiger charge is 2.29. The van der Waals surface area contributed by atoms with Crippen molar-refractivity contribution < 1.29 is 14.3 Å². The number of hydrogen-bond donors (Lipinski definition) is 1. The maximum Gasteiger partial charge on any atom is 0.307 e. The van der Waals surface area contributed by atoms with E-state index < -0.39 is 0 Å². The standard InChI is InChI=1S/C8H14N2O3/c1-10-4-3-9-8(12)6(10)5-7(11)13-2/h6H,3-5H2,1-2H3,(H,9,12). The van der Waals surface area contributed by atoms with Gasteiger partial charge in [0.1, 0.15) is 0 Å². The molecule has 5 heteroatoms. The molecule has 0 radical (unpaired) electrons. The molecule has 0 aliphatic carbocycles. The van der Waals surface area contributed by atoms with E-state index in [4.69, 9.17) is 0 Å². The van der Waals surface area contributed by atoms with E-state index in [0.29, 0.717) is 6.54 Å². The quantitative estimate of drug-likeness (QED) is 0.561. The Morgan fingerprint density at radius 2 is 2.46 bits per heavy atom.